The van der Waals surface area contributed by atoms with Gasteiger partial charge in [0.2, 0.25) is 11.8 Å². The number of nitrogens with zero attached hydrogens (tertiary/aromatic N) is 2. The van der Waals surface area contributed by atoms with Crippen molar-refractivity contribution in [2.24, 2.45) is 11.1 Å². The molecule has 0 bridgehead atoms. The lowest BCUT2D eigenvalue weighted by Gasteiger charge is -2.15. The lowest BCUT2D eigenvalue weighted by molar-refractivity contribution is 0.394. The number of rotatable bonds is 6. The molecule has 0 radical (unpaired) electrons. The summed E-state index contributed by atoms with van der Waals surface area (Å²) in [4.78, 5) is 8.46. The van der Waals surface area contributed by atoms with E-state index in [1.54, 1.807) is 13.3 Å². The first-order chi connectivity index (χ1) is 8.19. The van der Waals surface area contributed by atoms with E-state index < -0.39 is 0 Å². The third kappa shape index (κ3) is 3.07. The Kier molecular flexibility index (Phi) is 3.83. The number of methoxy groups -OCH3 is 1. The van der Waals surface area contributed by atoms with Gasteiger partial charge in [-0.1, -0.05) is 0 Å². The molecule has 6 heteroatoms. The van der Waals surface area contributed by atoms with Gasteiger partial charge in [0.25, 0.3) is 0 Å². The van der Waals surface area contributed by atoms with Crippen molar-refractivity contribution in [2.75, 3.05) is 25.5 Å². The van der Waals surface area contributed by atoms with Gasteiger partial charge in [0.1, 0.15) is 0 Å². The normalized spacial score (nSPS) is 16.6. The Hall–Kier alpha value is -0.880. The van der Waals surface area contributed by atoms with E-state index in [-0.39, 0.29) is 0 Å². The molecule has 0 spiro atoms. The summed E-state index contributed by atoms with van der Waals surface area (Å²) >= 11 is 3.32. The maximum absolute atomic E-state index is 5.60. The minimum Gasteiger partial charge on any atom is -0.480 e. The minimum atomic E-state index is 0.373. The molecule has 1 aliphatic carbocycles. The summed E-state index contributed by atoms with van der Waals surface area (Å²) in [6.07, 6.45) is 5.24. The monoisotopic (exact) mass is 300 g/mol. The standard InChI is InChI=1S/C11H17BrN4O/c1-17-9-8(12)6-14-10(16-9)15-7-11(2-3-11)4-5-13/h6H,2-5,7,13H2,1H3,(H,14,15,16). The van der Waals surface area contributed by atoms with Crippen LogP contribution in [0.5, 0.6) is 5.88 Å². The van der Waals surface area contributed by atoms with Crippen molar-refractivity contribution in [1.82, 2.24) is 9.97 Å². The van der Waals surface area contributed by atoms with Crippen LogP contribution in [-0.2, 0) is 0 Å². The molecule has 1 saturated carbocycles. The second-order valence-electron chi connectivity index (χ2n) is 4.44. The van der Waals surface area contributed by atoms with Gasteiger partial charge < -0.3 is 15.8 Å². The Balaban J connectivity index is 1.95. The predicted molar refractivity (Wildman–Crippen MR) is 70.1 cm³/mol. The van der Waals surface area contributed by atoms with Crippen molar-refractivity contribution >= 4 is 21.9 Å². The zero-order chi connectivity index (χ0) is 12.3. The van der Waals surface area contributed by atoms with Crippen LogP contribution in [0, 0.1) is 5.41 Å². The van der Waals surface area contributed by atoms with Crippen LogP contribution < -0.4 is 15.8 Å². The highest BCUT2D eigenvalue weighted by atomic mass is 79.9. The van der Waals surface area contributed by atoms with Crippen molar-refractivity contribution in [3.8, 4) is 5.88 Å². The molecule has 1 aromatic rings. The van der Waals surface area contributed by atoms with Crippen LogP contribution in [0.25, 0.3) is 0 Å². The number of anilines is 1. The molecule has 1 heterocycles. The largest absolute Gasteiger partial charge is 0.480 e. The summed E-state index contributed by atoms with van der Waals surface area (Å²) in [6, 6.07) is 0. The van der Waals surface area contributed by atoms with Gasteiger partial charge >= 0.3 is 0 Å². The summed E-state index contributed by atoms with van der Waals surface area (Å²) in [5.41, 5.74) is 5.98. The van der Waals surface area contributed by atoms with Crippen molar-refractivity contribution in [3.05, 3.63) is 10.7 Å². The quantitative estimate of drug-likeness (QED) is 0.838. The molecule has 3 N–H and O–H groups in total. The minimum absolute atomic E-state index is 0.373. The van der Waals surface area contributed by atoms with Crippen molar-refractivity contribution in [3.63, 3.8) is 0 Å². The molecule has 0 aliphatic heterocycles. The predicted octanol–water partition coefficient (Wildman–Crippen LogP) is 1.79. The van der Waals surface area contributed by atoms with Crippen molar-refractivity contribution < 1.29 is 4.74 Å². The fraction of sp³-hybridized carbons (Fsp3) is 0.636. The maximum Gasteiger partial charge on any atom is 0.232 e. The van der Waals surface area contributed by atoms with E-state index >= 15 is 0 Å². The molecular formula is C11H17BrN4O. The van der Waals surface area contributed by atoms with Gasteiger partial charge in [0.05, 0.1) is 17.8 Å². The SMILES string of the molecule is COc1nc(NCC2(CCN)CC2)ncc1Br. The van der Waals surface area contributed by atoms with Crippen LogP contribution in [0.15, 0.2) is 10.7 Å². The molecule has 0 saturated heterocycles. The smallest absolute Gasteiger partial charge is 0.232 e. The fourth-order valence-electron chi connectivity index (χ4n) is 1.84. The number of nitrogens with two attached hydrogens (primary N) is 1. The third-order valence-corrected chi connectivity index (χ3v) is 3.70. The van der Waals surface area contributed by atoms with Gasteiger partial charge in [0, 0.05) is 6.54 Å². The summed E-state index contributed by atoms with van der Waals surface area (Å²) in [5, 5.41) is 3.26. The van der Waals surface area contributed by atoms with Crippen LogP contribution in [0.3, 0.4) is 0 Å². The zero-order valence-electron chi connectivity index (χ0n) is 9.87. The Labute approximate surface area is 109 Å². The average Bonchev–Trinajstić information content (AvgIpc) is 3.09. The topological polar surface area (TPSA) is 73.1 Å². The summed E-state index contributed by atoms with van der Waals surface area (Å²) in [5.74, 6) is 1.15. The van der Waals surface area contributed by atoms with E-state index in [2.05, 4.69) is 31.2 Å². The van der Waals surface area contributed by atoms with Gasteiger partial charge in [-0.15, -0.1) is 0 Å². The maximum atomic E-state index is 5.60. The highest BCUT2D eigenvalue weighted by molar-refractivity contribution is 9.10. The Morgan fingerprint density at radius 2 is 2.35 bits per heavy atom. The molecule has 1 aromatic heterocycles. The van der Waals surface area contributed by atoms with Crippen LogP contribution >= 0.6 is 15.9 Å². The highest BCUT2D eigenvalue weighted by Crippen LogP contribution is 2.48. The zero-order valence-corrected chi connectivity index (χ0v) is 11.5. The molecular weight excluding hydrogens is 284 g/mol. The van der Waals surface area contributed by atoms with Crippen LogP contribution in [0.2, 0.25) is 0 Å². The molecule has 1 fully saturated rings. The Bertz CT molecular complexity index is 395. The van der Waals surface area contributed by atoms with Crippen molar-refractivity contribution in [1.29, 1.82) is 0 Å². The van der Waals surface area contributed by atoms with Gasteiger partial charge in [-0.3, -0.25) is 0 Å². The van der Waals surface area contributed by atoms with Crippen LogP contribution in [-0.4, -0.2) is 30.2 Å². The first-order valence-electron chi connectivity index (χ1n) is 5.70. The van der Waals surface area contributed by atoms with E-state index in [1.165, 1.54) is 12.8 Å². The van der Waals surface area contributed by atoms with E-state index in [9.17, 15) is 0 Å². The second kappa shape index (κ2) is 5.18. The van der Waals surface area contributed by atoms with Crippen LogP contribution in [0.4, 0.5) is 5.95 Å². The molecule has 0 aromatic carbocycles. The molecule has 0 unspecified atom stereocenters. The van der Waals surface area contributed by atoms with Gasteiger partial charge in [-0.2, -0.15) is 4.98 Å². The number of ether oxygens (including phenoxy) is 1. The van der Waals surface area contributed by atoms with Gasteiger partial charge in [0.15, 0.2) is 0 Å². The van der Waals surface area contributed by atoms with E-state index in [0.717, 1.165) is 24.0 Å². The molecule has 0 atom stereocenters. The first kappa shape index (κ1) is 12.6. The lowest BCUT2D eigenvalue weighted by atomic mass is 10.0. The number of nitrogens with one attached hydrogen (secondary N) is 1. The lowest BCUT2D eigenvalue weighted by Crippen LogP contribution is -2.20. The second-order valence-corrected chi connectivity index (χ2v) is 5.30. The highest BCUT2D eigenvalue weighted by Gasteiger charge is 2.41. The Morgan fingerprint density at radius 3 is 2.94 bits per heavy atom. The fourth-order valence-corrected chi connectivity index (χ4v) is 2.20. The molecule has 94 valence electrons. The molecule has 0 amide bonds. The van der Waals surface area contributed by atoms with Crippen molar-refractivity contribution in [2.45, 2.75) is 19.3 Å². The number of halogens is 1. The average molecular weight is 301 g/mol. The molecule has 5 nitrogen and oxygen atoms in total. The summed E-state index contributed by atoms with van der Waals surface area (Å²) < 4.78 is 5.88. The number of hydrogen-bond donors (Lipinski definition) is 2. The van der Waals surface area contributed by atoms with E-state index in [0.29, 0.717) is 17.2 Å². The van der Waals surface area contributed by atoms with Crippen LogP contribution in [0.1, 0.15) is 19.3 Å². The summed E-state index contributed by atoms with van der Waals surface area (Å²) in [6.45, 7) is 1.63. The van der Waals surface area contributed by atoms with Gasteiger partial charge in [-0.05, 0) is 47.2 Å². The molecule has 17 heavy (non-hydrogen) atoms. The third-order valence-electron chi connectivity index (χ3n) is 3.16. The van der Waals surface area contributed by atoms with E-state index in [1.807, 2.05) is 0 Å². The van der Waals surface area contributed by atoms with Gasteiger partial charge in [-0.25, -0.2) is 4.98 Å². The number of hydrogen-bond acceptors (Lipinski definition) is 5. The molecule has 2 rings (SSSR count). The first-order valence-corrected chi connectivity index (χ1v) is 6.49. The molecule has 1 aliphatic rings. The summed E-state index contributed by atoms with van der Waals surface area (Å²) in [7, 11) is 1.59. The van der Waals surface area contributed by atoms with E-state index in [4.69, 9.17) is 10.5 Å². The Morgan fingerprint density at radius 1 is 1.59 bits per heavy atom. The number of aromatic nitrogens is 2.